The summed E-state index contributed by atoms with van der Waals surface area (Å²) in [5.41, 5.74) is 7.42. The highest BCUT2D eigenvalue weighted by molar-refractivity contribution is 6.44. The van der Waals surface area contributed by atoms with Gasteiger partial charge in [-0.25, -0.2) is 0 Å². The number of hydrogen-bond acceptors (Lipinski definition) is 3. The summed E-state index contributed by atoms with van der Waals surface area (Å²) in [4.78, 5) is 15.3. The van der Waals surface area contributed by atoms with Crippen molar-refractivity contribution in [1.29, 1.82) is 0 Å². The molecule has 5 heteroatoms. The molecule has 0 aliphatic rings. The van der Waals surface area contributed by atoms with E-state index >= 15 is 0 Å². The molecular formula is C9H8ClN2O2. The Morgan fingerprint density at radius 1 is 1.43 bits per heavy atom. The highest BCUT2D eigenvalue weighted by Crippen LogP contribution is 2.10. The lowest BCUT2D eigenvalue weighted by molar-refractivity contribution is -0.112. The molecule has 0 aliphatic carbocycles. The molecule has 0 heterocycles. The first-order valence-electron chi connectivity index (χ1n) is 3.78. The van der Waals surface area contributed by atoms with Gasteiger partial charge in [-0.15, -0.1) is 0 Å². The van der Waals surface area contributed by atoms with Crippen molar-refractivity contribution in [3.8, 4) is 0 Å². The number of carbonyl (C=O) groups is 1. The van der Waals surface area contributed by atoms with Crippen molar-refractivity contribution in [3.05, 3.63) is 34.9 Å². The van der Waals surface area contributed by atoms with Gasteiger partial charge in [-0.1, -0.05) is 28.9 Å². The molecule has 0 spiro atoms. The topological polar surface area (TPSA) is 62.5 Å². The van der Waals surface area contributed by atoms with E-state index in [0.29, 0.717) is 10.6 Å². The van der Waals surface area contributed by atoms with Crippen molar-refractivity contribution < 1.29 is 9.63 Å². The summed E-state index contributed by atoms with van der Waals surface area (Å²) < 4.78 is 0. The van der Waals surface area contributed by atoms with Crippen molar-refractivity contribution in [2.75, 3.05) is 7.11 Å². The maximum Gasteiger partial charge on any atom is 0.292 e. The molecule has 0 aliphatic heterocycles. The van der Waals surface area contributed by atoms with Gasteiger partial charge in [0.05, 0.1) is 0 Å². The normalized spacial score (nSPS) is 11.1. The average molecular weight is 212 g/mol. The first-order chi connectivity index (χ1) is 6.65. The van der Waals surface area contributed by atoms with Crippen molar-refractivity contribution in [2.45, 2.75) is 0 Å². The van der Waals surface area contributed by atoms with E-state index in [9.17, 15) is 4.79 Å². The Morgan fingerprint density at radius 3 is 2.43 bits per heavy atom. The summed E-state index contributed by atoms with van der Waals surface area (Å²) in [6.07, 6.45) is 0. The predicted octanol–water partition coefficient (Wildman–Crippen LogP) is 1.50. The third-order valence-electron chi connectivity index (χ3n) is 1.52. The van der Waals surface area contributed by atoms with Crippen LogP contribution in [0, 0.1) is 0 Å². The van der Waals surface area contributed by atoms with Gasteiger partial charge in [-0.05, 0) is 12.1 Å². The number of halogens is 1. The van der Waals surface area contributed by atoms with Gasteiger partial charge in [-0.3, -0.25) is 10.5 Å². The molecule has 0 bridgehead atoms. The largest absolute Gasteiger partial charge is 0.398 e. The quantitative estimate of drug-likeness (QED) is 0.562. The second kappa shape index (κ2) is 4.62. The zero-order valence-corrected chi connectivity index (χ0v) is 8.21. The molecular weight excluding hydrogens is 204 g/mol. The number of amides is 1. The summed E-state index contributed by atoms with van der Waals surface area (Å²) in [7, 11) is 1.32. The maximum atomic E-state index is 10.8. The molecule has 0 atom stereocenters. The van der Waals surface area contributed by atoms with Crippen molar-refractivity contribution in [1.82, 2.24) is 5.73 Å². The molecule has 0 aromatic heterocycles. The van der Waals surface area contributed by atoms with Crippen molar-refractivity contribution in [3.63, 3.8) is 0 Å². The number of hydrogen-bond donors (Lipinski definition) is 0. The van der Waals surface area contributed by atoms with Gasteiger partial charge in [0.25, 0.3) is 5.91 Å². The van der Waals surface area contributed by atoms with E-state index in [1.54, 1.807) is 24.3 Å². The lowest BCUT2D eigenvalue weighted by Crippen LogP contribution is -2.16. The van der Waals surface area contributed by atoms with Gasteiger partial charge in [0, 0.05) is 10.6 Å². The third kappa shape index (κ3) is 2.47. The van der Waals surface area contributed by atoms with Gasteiger partial charge < -0.3 is 4.84 Å². The second-order valence-corrected chi connectivity index (χ2v) is 2.89. The molecule has 1 radical (unpaired) electrons. The molecule has 1 rings (SSSR count). The molecule has 4 nitrogen and oxygen atoms in total. The van der Waals surface area contributed by atoms with E-state index in [0.717, 1.165) is 0 Å². The summed E-state index contributed by atoms with van der Waals surface area (Å²) in [6, 6.07) is 6.44. The number of nitrogens with zero attached hydrogens (tertiary/aromatic N) is 1. The minimum atomic E-state index is -0.894. The summed E-state index contributed by atoms with van der Waals surface area (Å²) in [5.74, 6) is -0.894. The van der Waals surface area contributed by atoms with E-state index in [1.165, 1.54) is 7.11 Å². The van der Waals surface area contributed by atoms with Crippen molar-refractivity contribution in [2.24, 2.45) is 5.16 Å². The van der Waals surface area contributed by atoms with Gasteiger partial charge in [0.1, 0.15) is 7.11 Å². The van der Waals surface area contributed by atoms with Gasteiger partial charge in [0.2, 0.25) is 0 Å². The zero-order chi connectivity index (χ0) is 10.6. The number of rotatable bonds is 3. The smallest absolute Gasteiger partial charge is 0.292 e. The summed E-state index contributed by atoms with van der Waals surface area (Å²) in [6.45, 7) is 0. The van der Waals surface area contributed by atoms with E-state index in [4.69, 9.17) is 17.3 Å². The molecule has 73 valence electrons. The minimum Gasteiger partial charge on any atom is -0.398 e. The number of carbonyl (C=O) groups excluding carboxylic acids is 1. The van der Waals surface area contributed by atoms with Crippen LogP contribution in [0.5, 0.6) is 0 Å². The Labute approximate surface area is 86.3 Å². The molecule has 1 aromatic carbocycles. The minimum absolute atomic E-state index is 0.0378. The SMILES string of the molecule is CON=C(C([NH])=O)c1ccc(Cl)cc1. The van der Waals surface area contributed by atoms with E-state index in [1.807, 2.05) is 0 Å². The molecule has 1 aromatic rings. The Bertz CT molecular complexity index is 360. The maximum absolute atomic E-state index is 10.8. The lowest BCUT2D eigenvalue weighted by Gasteiger charge is -2.00. The van der Waals surface area contributed by atoms with Crippen LogP contribution in [0.3, 0.4) is 0 Å². The van der Waals surface area contributed by atoms with Gasteiger partial charge in [-0.2, -0.15) is 0 Å². The van der Waals surface area contributed by atoms with E-state index in [-0.39, 0.29) is 5.71 Å². The number of benzene rings is 1. The molecule has 1 amide bonds. The van der Waals surface area contributed by atoms with Crippen LogP contribution >= 0.6 is 11.6 Å². The third-order valence-corrected chi connectivity index (χ3v) is 1.77. The molecule has 14 heavy (non-hydrogen) atoms. The Kier molecular flexibility index (Phi) is 3.48. The summed E-state index contributed by atoms with van der Waals surface area (Å²) >= 11 is 5.67. The molecule has 0 saturated heterocycles. The van der Waals surface area contributed by atoms with Crippen LogP contribution in [0.25, 0.3) is 0 Å². The van der Waals surface area contributed by atoms with E-state index < -0.39 is 5.91 Å². The molecule has 0 saturated carbocycles. The highest BCUT2D eigenvalue weighted by Gasteiger charge is 2.11. The van der Waals surface area contributed by atoms with Gasteiger partial charge in [0.15, 0.2) is 5.71 Å². The number of oxime groups is 1. The van der Waals surface area contributed by atoms with Gasteiger partial charge >= 0.3 is 0 Å². The van der Waals surface area contributed by atoms with Crippen LogP contribution in [0.4, 0.5) is 0 Å². The van der Waals surface area contributed by atoms with E-state index in [2.05, 4.69) is 9.99 Å². The second-order valence-electron chi connectivity index (χ2n) is 2.46. The van der Waals surface area contributed by atoms with Crippen LogP contribution in [-0.4, -0.2) is 18.7 Å². The van der Waals surface area contributed by atoms with Crippen LogP contribution in [0.15, 0.2) is 29.4 Å². The fourth-order valence-corrected chi connectivity index (χ4v) is 1.05. The zero-order valence-electron chi connectivity index (χ0n) is 7.45. The Balaban J connectivity index is 3.06. The molecule has 1 N–H and O–H groups in total. The summed E-state index contributed by atoms with van der Waals surface area (Å²) in [5, 5.41) is 4.02. The predicted molar refractivity (Wildman–Crippen MR) is 53.1 cm³/mol. The highest BCUT2D eigenvalue weighted by atomic mass is 35.5. The van der Waals surface area contributed by atoms with Crippen LogP contribution in [-0.2, 0) is 9.63 Å². The Morgan fingerprint density at radius 2 is 2.00 bits per heavy atom. The molecule has 0 unspecified atom stereocenters. The average Bonchev–Trinajstić information content (AvgIpc) is 2.15. The van der Waals surface area contributed by atoms with Crippen LogP contribution in [0.1, 0.15) is 5.56 Å². The Hall–Kier alpha value is -1.55. The van der Waals surface area contributed by atoms with Crippen molar-refractivity contribution >= 4 is 23.2 Å². The fourth-order valence-electron chi connectivity index (χ4n) is 0.924. The van der Waals surface area contributed by atoms with Crippen LogP contribution in [0.2, 0.25) is 5.02 Å². The monoisotopic (exact) mass is 211 g/mol. The first kappa shape index (κ1) is 10.5. The fraction of sp³-hybridized carbons (Fsp3) is 0.111. The number of nitrogens with one attached hydrogen (secondary N) is 1. The standard InChI is InChI=1S/C9H8ClN2O2/c1-14-12-8(9(11)13)6-2-4-7(10)5-3-6/h2-5,11H,1H3. The molecule has 0 fully saturated rings. The first-order valence-corrected chi connectivity index (χ1v) is 4.16. The lowest BCUT2D eigenvalue weighted by atomic mass is 10.1. The van der Waals surface area contributed by atoms with Crippen LogP contribution < -0.4 is 5.73 Å².